The Bertz CT molecular complexity index is 1050. The van der Waals surface area contributed by atoms with E-state index in [2.05, 4.69) is 16.4 Å². The number of carbonyl (C=O) groups excluding carboxylic acids is 2. The number of hydrogen-bond acceptors (Lipinski definition) is 6. The number of amides is 2. The number of fused-ring (bicyclic) bond motifs is 2. The third kappa shape index (κ3) is 4.51. The van der Waals surface area contributed by atoms with E-state index in [1.165, 1.54) is 21.8 Å². The van der Waals surface area contributed by atoms with Gasteiger partial charge in [-0.3, -0.25) is 14.5 Å². The Morgan fingerprint density at radius 3 is 2.97 bits per heavy atom. The summed E-state index contributed by atoms with van der Waals surface area (Å²) < 4.78 is 6.84. The molecule has 2 aliphatic rings. The number of aromatic nitrogens is 1. The lowest BCUT2D eigenvalue weighted by Gasteiger charge is -2.27. The maximum atomic E-state index is 13.2. The first-order valence-electron chi connectivity index (χ1n) is 10.8. The van der Waals surface area contributed by atoms with Crippen LogP contribution in [-0.4, -0.2) is 47.5 Å². The SMILES string of the molecule is O=C(CCC(=O)N(CC1CCCO1)c1nc2ccccc2s1)N1CCc2sccc2C1. The van der Waals surface area contributed by atoms with Crippen molar-refractivity contribution in [3.63, 3.8) is 0 Å². The number of hydrogen-bond donors (Lipinski definition) is 0. The third-order valence-corrected chi connectivity index (χ3v) is 8.02. The lowest BCUT2D eigenvalue weighted by Crippen LogP contribution is -2.39. The fraction of sp³-hybridized carbons (Fsp3) is 0.435. The molecule has 1 aromatic carbocycles. The predicted octanol–water partition coefficient (Wildman–Crippen LogP) is 4.23. The van der Waals surface area contributed by atoms with Crippen LogP contribution in [0.15, 0.2) is 35.7 Å². The molecule has 1 atom stereocenters. The van der Waals surface area contributed by atoms with Crippen molar-refractivity contribution in [2.45, 2.75) is 44.8 Å². The molecule has 2 amide bonds. The van der Waals surface area contributed by atoms with Crippen LogP contribution in [0.2, 0.25) is 0 Å². The molecule has 6 nitrogen and oxygen atoms in total. The van der Waals surface area contributed by atoms with Crippen LogP contribution < -0.4 is 4.90 Å². The van der Waals surface area contributed by atoms with Gasteiger partial charge in [-0.15, -0.1) is 11.3 Å². The molecule has 0 saturated carbocycles. The van der Waals surface area contributed by atoms with Gasteiger partial charge >= 0.3 is 0 Å². The van der Waals surface area contributed by atoms with Gasteiger partial charge in [0.25, 0.3) is 0 Å². The summed E-state index contributed by atoms with van der Waals surface area (Å²) in [6.07, 6.45) is 3.32. The van der Waals surface area contributed by atoms with Gasteiger partial charge in [-0.1, -0.05) is 23.5 Å². The standard InChI is InChI=1S/C23H25N3O3S2/c27-21(25-11-9-19-16(14-25)10-13-30-19)7-8-22(28)26(15-17-4-3-12-29-17)23-24-18-5-1-2-6-20(18)31-23/h1-2,5-6,10,13,17H,3-4,7-9,11-12,14-15H2. The van der Waals surface area contributed by atoms with Gasteiger partial charge in [0.05, 0.1) is 22.9 Å². The molecule has 2 aromatic heterocycles. The minimum absolute atomic E-state index is 0.0331. The van der Waals surface area contributed by atoms with Gasteiger partial charge in [-0.2, -0.15) is 0 Å². The van der Waals surface area contributed by atoms with Gasteiger partial charge in [0.15, 0.2) is 5.13 Å². The van der Waals surface area contributed by atoms with E-state index >= 15 is 0 Å². The molecule has 31 heavy (non-hydrogen) atoms. The zero-order valence-corrected chi connectivity index (χ0v) is 18.9. The summed E-state index contributed by atoms with van der Waals surface area (Å²) in [6.45, 7) is 2.63. The molecule has 1 saturated heterocycles. The summed E-state index contributed by atoms with van der Waals surface area (Å²) in [5, 5.41) is 2.78. The van der Waals surface area contributed by atoms with Crippen LogP contribution in [0.5, 0.6) is 0 Å². The highest BCUT2D eigenvalue weighted by Crippen LogP contribution is 2.30. The largest absolute Gasteiger partial charge is 0.376 e. The molecule has 162 valence electrons. The molecule has 2 aliphatic heterocycles. The van der Waals surface area contributed by atoms with Crippen molar-refractivity contribution >= 4 is 49.8 Å². The van der Waals surface area contributed by atoms with E-state index in [0.29, 0.717) is 18.2 Å². The molecule has 1 fully saturated rings. The van der Waals surface area contributed by atoms with E-state index in [-0.39, 0.29) is 30.8 Å². The molecule has 8 heteroatoms. The number of thiazole rings is 1. The van der Waals surface area contributed by atoms with Crippen LogP contribution in [0.25, 0.3) is 10.2 Å². The van der Waals surface area contributed by atoms with Crippen LogP contribution in [-0.2, 0) is 27.3 Å². The first-order chi connectivity index (χ1) is 15.2. The summed E-state index contributed by atoms with van der Waals surface area (Å²) in [5.74, 6) is -0.0114. The van der Waals surface area contributed by atoms with Crippen LogP contribution in [0.1, 0.15) is 36.1 Å². The normalized spacial score (nSPS) is 18.3. The van der Waals surface area contributed by atoms with Gasteiger partial charge < -0.3 is 9.64 Å². The predicted molar refractivity (Wildman–Crippen MR) is 124 cm³/mol. The first kappa shape index (κ1) is 20.6. The molecule has 4 heterocycles. The number of nitrogens with zero attached hydrogens (tertiary/aromatic N) is 3. The van der Waals surface area contributed by atoms with E-state index in [1.54, 1.807) is 16.2 Å². The Labute approximate surface area is 189 Å². The van der Waals surface area contributed by atoms with Crippen LogP contribution in [0.3, 0.4) is 0 Å². The minimum atomic E-state index is -0.0591. The second-order valence-electron chi connectivity index (χ2n) is 8.04. The molecule has 0 N–H and O–H groups in total. The first-order valence-corrected chi connectivity index (χ1v) is 12.5. The summed E-state index contributed by atoms with van der Waals surface area (Å²) in [4.78, 5) is 35.7. The molecular weight excluding hydrogens is 430 g/mol. The van der Waals surface area contributed by atoms with E-state index in [9.17, 15) is 9.59 Å². The van der Waals surface area contributed by atoms with Gasteiger partial charge in [0.1, 0.15) is 0 Å². The highest BCUT2D eigenvalue weighted by Gasteiger charge is 2.28. The van der Waals surface area contributed by atoms with Crippen molar-refractivity contribution in [2.75, 3.05) is 24.6 Å². The molecule has 5 rings (SSSR count). The van der Waals surface area contributed by atoms with Crippen LogP contribution in [0.4, 0.5) is 5.13 Å². The maximum absolute atomic E-state index is 13.2. The molecule has 0 radical (unpaired) electrons. The van der Waals surface area contributed by atoms with Gasteiger partial charge in [-0.05, 0) is 48.4 Å². The second kappa shape index (κ2) is 9.06. The fourth-order valence-corrected chi connectivity index (χ4v) is 6.10. The number of carbonyl (C=O) groups is 2. The lowest BCUT2D eigenvalue weighted by molar-refractivity contribution is -0.134. The number of para-hydroxylation sites is 1. The minimum Gasteiger partial charge on any atom is -0.376 e. The van der Waals surface area contributed by atoms with Crippen LogP contribution >= 0.6 is 22.7 Å². The van der Waals surface area contributed by atoms with Crippen molar-refractivity contribution in [1.29, 1.82) is 0 Å². The van der Waals surface area contributed by atoms with Crippen molar-refractivity contribution in [2.24, 2.45) is 0 Å². The van der Waals surface area contributed by atoms with Crippen molar-refractivity contribution in [3.8, 4) is 0 Å². The fourth-order valence-electron chi connectivity index (χ4n) is 4.22. The highest BCUT2D eigenvalue weighted by atomic mass is 32.1. The van der Waals surface area contributed by atoms with E-state index in [1.807, 2.05) is 29.2 Å². The quantitative estimate of drug-likeness (QED) is 0.558. The zero-order valence-electron chi connectivity index (χ0n) is 17.3. The third-order valence-electron chi connectivity index (χ3n) is 5.94. The number of benzene rings is 1. The Hall–Kier alpha value is -2.29. The Morgan fingerprint density at radius 2 is 2.13 bits per heavy atom. The highest BCUT2D eigenvalue weighted by molar-refractivity contribution is 7.22. The van der Waals surface area contributed by atoms with Crippen molar-refractivity contribution in [3.05, 3.63) is 46.2 Å². The Morgan fingerprint density at radius 1 is 1.23 bits per heavy atom. The summed E-state index contributed by atoms with van der Waals surface area (Å²) in [7, 11) is 0. The molecular formula is C23H25N3O3S2. The smallest absolute Gasteiger partial charge is 0.229 e. The maximum Gasteiger partial charge on any atom is 0.229 e. The Balaban J connectivity index is 1.27. The lowest BCUT2D eigenvalue weighted by atomic mass is 10.1. The van der Waals surface area contributed by atoms with Crippen molar-refractivity contribution < 1.29 is 14.3 Å². The number of rotatable bonds is 6. The van der Waals surface area contributed by atoms with E-state index in [0.717, 1.165) is 42.6 Å². The van der Waals surface area contributed by atoms with Crippen molar-refractivity contribution in [1.82, 2.24) is 9.88 Å². The molecule has 1 unspecified atom stereocenters. The summed E-state index contributed by atoms with van der Waals surface area (Å²) in [6, 6.07) is 10.0. The van der Waals surface area contributed by atoms with Gasteiger partial charge in [0, 0.05) is 37.4 Å². The number of thiophene rings is 1. The van der Waals surface area contributed by atoms with E-state index < -0.39 is 0 Å². The summed E-state index contributed by atoms with van der Waals surface area (Å²) >= 11 is 3.28. The monoisotopic (exact) mass is 455 g/mol. The Kier molecular flexibility index (Phi) is 6.02. The number of anilines is 1. The average molecular weight is 456 g/mol. The molecule has 3 aromatic rings. The molecule has 0 bridgehead atoms. The molecule has 0 aliphatic carbocycles. The number of ether oxygens (including phenoxy) is 1. The second-order valence-corrected chi connectivity index (χ2v) is 10.0. The zero-order chi connectivity index (χ0) is 21.2. The van der Waals surface area contributed by atoms with E-state index in [4.69, 9.17) is 4.74 Å². The summed E-state index contributed by atoms with van der Waals surface area (Å²) in [5.41, 5.74) is 2.13. The van der Waals surface area contributed by atoms with Crippen LogP contribution in [0, 0.1) is 0 Å². The molecule has 0 spiro atoms. The topological polar surface area (TPSA) is 62.7 Å². The average Bonchev–Trinajstić information content (AvgIpc) is 3.55. The van der Waals surface area contributed by atoms with Gasteiger partial charge in [0.2, 0.25) is 11.8 Å². The van der Waals surface area contributed by atoms with Gasteiger partial charge in [-0.25, -0.2) is 4.98 Å².